The van der Waals surface area contributed by atoms with Crippen LogP contribution in [-0.2, 0) is 14.2 Å². The van der Waals surface area contributed by atoms with E-state index in [0.717, 1.165) is 24.1 Å². The highest BCUT2D eigenvalue weighted by Gasteiger charge is 2.22. The molecule has 0 bridgehead atoms. The molecular formula is C27H36N2O7. The van der Waals surface area contributed by atoms with E-state index >= 15 is 0 Å². The number of amides is 1. The predicted molar refractivity (Wildman–Crippen MR) is 136 cm³/mol. The third kappa shape index (κ3) is 8.22. The van der Waals surface area contributed by atoms with Gasteiger partial charge in [0.1, 0.15) is 12.4 Å². The summed E-state index contributed by atoms with van der Waals surface area (Å²) in [6.07, 6.45) is 1.60. The number of rotatable bonds is 15. The van der Waals surface area contributed by atoms with Gasteiger partial charge >= 0.3 is 0 Å². The SMILES string of the molecule is CCOc1cc(C2=NN(C(=O)c3cccc(OCCOCCOCCOC)c3)CCC2)ccc1OC. The Kier molecular flexibility index (Phi) is 11.5. The minimum atomic E-state index is -0.166. The number of carbonyl (C=O) groups excluding carboxylic acids is 1. The van der Waals surface area contributed by atoms with Crippen LogP contribution in [-0.4, -0.2) is 83.6 Å². The van der Waals surface area contributed by atoms with Crippen LogP contribution in [0.1, 0.15) is 35.7 Å². The van der Waals surface area contributed by atoms with Crippen LogP contribution in [0.2, 0.25) is 0 Å². The van der Waals surface area contributed by atoms with E-state index in [2.05, 4.69) is 5.10 Å². The largest absolute Gasteiger partial charge is 0.493 e. The first kappa shape index (κ1) is 27.4. The lowest BCUT2D eigenvalue weighted by Crippen LogP contribution is -2.32. The zero-order valence-electron chi connectivity index (χ0n) is 21.4. The van der Waals surface area contributed by atoms with Crippen LogP contribution < -0.4 is 14.2 Å². The molecule has 1 aliphatic rings. The molecule has 1 heterocycles. The van der Waals surface area contributed by atoms with Crippen molar-refractivity contribution in [1.82, 2.24) is 5.01 Å². The van der Waals surface area contributed by atoms with E-state index < -0.39 is 0 Å². The van der Waals surface area contributed by atoms with Gasteiger partial charge in [0.2, 0.25) is 0 Å². The summed E-state index contributed by atoms with van der Waals surface area (Å²) in [4.78, 5) is 13.2. The normalized spacial score (nSPS) is 13.3. The molecule has 196 valence electrons. The molecule has 0 fully saturated rings. The van der Waals surface area contributed by atoms with Crippen molar-refractivity contribution in [3.05, 3.63) is 53.6 Å². The number of carbonyl (C=O) groups is 1. The molecule has 9 heteroatoms. The molecule has 0 spiro atoms. The molecule has 0 aliphatic carbocycles. The number of methoxy groups -OCH3 is 2. The fraction of sp³-hybridized carbons (Fsp3) is 0.481. The number of nitrogens with zero attached hydrogens (tertiary/aromatic N) is 2. The van der Waals surface area contributed by atoms with Crippen molar-refractivity contribution < 1.29 is 33.2 Å². The van der Waals surface area contributed by atoms with Crippen molar-refractivity contribution in [3.63, 3.8) is 0 Å². The Labute approximate surface area is 212 Å². The zero-order valence-corrected chi connectivity index (χ0v) is 21.4. The van der Waals surface area contributed by atoms with Crippen LogP contribution in [0.5, 0.6) is 17.2 Å². The molecule has 1 aliphatic heterocycles. The van der Waals surface area contributed by atoms with E-state index in [4.69, 9.17) is 28.4 Å². The fourth-order valence-electron chi connectivity index (χ4n) is 3.67. The van der Waals surface area contributed by atoms with Gasteiger partial charge in [0, 0.05) is 24.8 Å². The van der Waals surface area contributed by atoms with E-state index in [1.54, 1.807) is 32.4 Å². The summed E-state index contributed by atoms with van der Waals surface area (Å²) in [5.74, 6) is 1.78. The Hall–Kier alpha value is -3.14. The molecule has 0 radical (unpaired) electrons. The van der Waals surface area contributed by atoms with Gasteiger partial charge in [-0.25, -0.2) is 5.01 Å². The maximum absolute atomic E-state index is 13.2. The van der Waals surface area contributed by atoms with Gasteiger partial charge in [0.15, 0.2) is 11.5 Å². The molecule has 36 heavy (non-hydrogen) atoms. The van der Waals surface area contributed by atoms with Crippen molar-refractivity contribution in [3.8, 4) is 17.2 Å². The number of hydrogen-bond acceptors (Lipinski definition) is 8. The highest BCUT2D eigenvalue weighted by atomic mass is 16.6. The van der Waals surface area contributed by atoms with Crippen LogP contribution in [0, 0.1) is 0 Å². The van der Waals surface area contributed by atoms with Gasteiger partial charge < -0.3 is 28.4 Å². The average Bonchev–Trinajstić information content (AvgIpc) is 2.92. The maximum Gasteiger partial charge on any atom is 0.274 e. The second kappa shape index (κ2) is 15.1. The third-order valence-electron chi connectivity index (χ3n) is 5.44. The van der Waals surface area contributed by atoms with Gasteiger partial charge in [-0.2, -0.15) is 5.10 Å². The Morgan fingerprint density at radius 3 is 2.44 bits per heavy atom. The molecular weight excluding hydrogens is 464 g/mol. The van der Waals surface area contributed by atoms with Gasteiger partial charge in [-0.1, -0.05) is 6.07 Å². The molecule has 0 unspecified atom stereocenters. The number of benzene rings is 2. The summed E-state index contributed by atoms with van der Waals surface area (Å²) in [6, 6.07) is 12.9. The number of ether oxygens (including phenoxy) is 6. The molecule has 3 rings (SSSR count). The highest BCUT2D eigenvalue weighted by molar-refractivity contribution is 6.03. The smallest absolute Gasteiger partial charge is 0.274 e. The standard InChI is InChI=1S/C27H36N2O7/c1-4-35-26-20-21(10-11-25(26)32-3)24-9-6-12-29(28-24)27(30)22-7-5-8-23(19-22)36-18-17-34-16-15-33-14-13-31-2/h5,7-8,10-11,19-20H,4,6,9,12-18H2,1-3H3. The van der Waals surface area contributed by atoms with Gasteiger partial charge in [-0.15, -0.1) is 0 Å². The molecule has 0 N–H and O–H groups in total. The van der Waals surface area contributed by atoms with Crippen LogP contribution in [0.15, 0.2) is 47.6 Å². The minimum Gasteiger partial charge on any atom is -0.493 e. The highest BCUT2D eigenvalue weighted by Crippen LogP contribution is 2.29. The maximum atomic E-state index is 13.2. The average molecular weight is 501 g/mol. The van der Waals surface area contributed by atoms with Gasteiger partial charge in [-0.05, 0) is 56.2 Å². The molecule has 1 amide bonds. The van der Waals surface area contributed by atoms with Crippen molar-refractivity contribution in [2.75, 3.05) is 67.0 Å². The summed E-state index contributed by atoms with van der Waals surface area (Å²) in [5, 5.41) is 6.18. The fourth-order valence-corrected chi connectivity index (χ4v) is 3.67. The first-order valence-electron chi connectivity index (χ1n) is 12.2. The van der Waals surface area contributed by atoms with Crippen molar-refractivity contribution in [1.29, 1.82) is 0 Å². The van der Waals surface area contributed by atoms with E-state index in [-0.39, 0.29) is 5.91 Å². The van der Waals surface area contributed by atoms with Gasteiger partial charge in [0.25, 0.3) is 5.91 Å². The summed E-state index contributed by atoms with van der Waals surface area (Å²) in [7, 11) is 3.25. The lowest BCUT2D eigenvalue weighted by molar-refractivity contribution is 0.0179. The Bertz CT molecular complexity index is 996. The van der Waals surface area contributed by atoms with Crippen molar-refractivity contribution in [2.45, 2.75) is 19.8 Å². The summed E-state index contributed by atoms with van der Waals surface area (Å²) < 4.78 is 32.6. The van der Waals surface area contributed by atoms with Crippen LogP contribution >= 0.6 is 0 Å². The third-order valence-corrected chi connectivity index (χ3v) is 5.44. The molecule has 9 nitrogen and oxygen atoms in total. The Balaban J connectivity index is 1.56. The lowest BCUT2D eigenvalue weighted by Gasteiger charge is -2.24. The van der Waals surface area contributed by atoms with E-state index in [1.807, 2.05) is 31.2 Å². The monoisotopic (exact) mass is 500 g/mol. The van der Waals surface area contributed by atoms with E-state index in [1.165, 1.54) is 5.01 Å². The second-order valence-corrected chi connectivity index (χ2v) is 7.97. The van der Waals surface area contributed by atoms with Crippen molar-refractivity contribution in [2.24, 2.45) is 5.10 Å². The van der Waals surface area contributed by atoms with E-state index in [9.17, 15) is 4.79 Å². The van der Waals surface area contributed by atoms with Crippen molar-refractivity contribution >= 4 is 11.6 Å². The first-order chi connectivity index (χ1) is 17.7. The molecule has 0 atom stereocenters. The zero-order chi connectivity index (χ0) is 25.6. The molecule has 0 aromatic heterocycles. The molecule has 0 saturated carbocycles. The van der Waals surface area contributed by atoms with Crippen LogP contribution in [0.3, 0.4) is 0 Å². The number of hydrazone groups is 1. The predicted octanol–water partition coefficient (Wildman–Crippen LogP) is 3.79. The number of hydrogen-bond donors (Lipinski definition) is 0. The summed E-state index contributed by atoms with van der Waals surface area (Å²) in [5.41, 5.74) is 2.28. The summed E-state index contributed by atoms with van der Waals surface area (Å²) >= 11 is 0. The Morgan fingerprint density at radius 1 is 0.917 bits per heavy atom. The topological polar surface area (TPSA) is 88.1 Å². The first-order valence-corrected chi connectivity index (χ1v) is 12.2. The van der Waals surface area contributed by atoms with Crippen LogP contribution in [0.25, 0.3) is 0 Å². The Morgan fingerprint density at radius 2 is 1.69 bits per heavy atom. The van der Waals surface area contributed by atoms with Crippen LogP contribution in [0.4, 0.5) is 0 Å². The molecule has 2 aromatic rings. The van der Waals surface area contributed by atoms with Gasteiger partial charge in [0.05, 0.1) is 52.5 Å². The van der Waals surface area contributed by atoms with E-state index in [0.29, 0.717) is 75.6 Å². The lowest BCUT2D eigenvalue weighted by atomic mass is 10.0. The van der Waals surface area contributed by atoms with Gasteiger partial charge in [-0.3, -0.25) is 4.79 Å². The second-order valence-electron chi connectivity index (χ2n) is 7.97. The molecule has 0 saturated heterocycles. The summed E-state index contributed by atoms with van der Waals surface area (Å²) in [6.45, 7) is 5.94. The molecule has 2 aromatic carbocycles. The minimum absolute atomic E-state index is 0.166. The quantitative estimate of drug-likeness (QED) is 0.344.